The highest BCUT2D eigenvalue weighted by atomic mass is 31.1. The molecule has 0 fully saturated rings. The molecule has 0 aromatic rings. The van der Waals surface area contributed by atoms with Crippen molar-refractivity contribution in [3.8, 4) is 0 Å². The van der Waals surface area contributed by atoms with Crippen LogP contribution in [0.5, 0.6) is 0 Å². The number of carbonyl (C=O) groups is 2. The summed E-state index contributed by atoms with van der Waals surface area (Å²) in [6.45, 7) is 2.95. The molecule has 0 unspecified atom stereocenters. The van der Waals surface area contributed by atoms with Gasteiger partial charge in [0.05, 0.1) is 21.1 Å². The van der Waals surface area contributed by atoms with Crippen molar-refractivity contribution in [3.05, 3.63) is 0 Å². The van der Waals surface area contributed by atoms with Gasteiger partial charge in [0.15, 0.2) is 11.0 Å². The van der Waals surface area contributed by atoms with Gasteiger partial charge >= 0.3 is 0 Å². The molecule has 0 amide bonds. The van der Waals surface area contributed by atoms with E-state index in [2.05, 4.69) is 13.8 Å². The van der Waals surface area contributed by atoms with Gasteiger partial charge in [-0.25, -0.2) is 0 Å². The Morgan fingerprint density at radius 2 is 0.730 bits per heavy atom. The molecule has 0 aromatic heterocycles. The van der Waals surface area contributed by atoms with E-state index in [9.17, 15) is 24.9 Å². The molecule has 37 heavy (non-hydrogen) atoms. The van der Waals surface area contributed by atoms with E-state index in [0.717, 1.165) is 25.7 Å². The minimum absolute atomic E-state index is 0.245. The lowest BCUT2D eigenvalue weighted by Crippen LogP contribution is -2.39. The maximum absolute atomic E-state index is 12.9. The lowest BCUT2D eigenvalue weighted by molar-refractivity contribution is -0.115. The molecule has 0 heterocycles. The Kier molecular flexibility index (Phi) is 25.7. The van der Waals surface area contributed by atoms with E-state index in [1.165, 1.54) is 103 Å². The van der Waals surface area contributed by atoms with Gasteiger partial charge < -0.3 is 15.3 Å². The Labute approximate surface area is 230 Å². The Morgan fingerprint density at radius 3 is 0.973 bits per heavy atom. The summed E-state index contributed by atoms with van der Waals surface area (Å²) in [6, 6.07) is 0. The van der Waals surface area contributed by atoms with E-state index >= 15 is 0 Å². The highest BCUT2D eigenvalue weighted by molar-refractivity contribution is 7.90. The summed E-state index contributed by atoms with van der Waals surface area (Å²) in [4.78, 5) is 25.9. The first-order chi connectivity index (χ1) is 18.0. The summed E-state index contributed by atoms with van der Waals surface area (Å²) in [6.07, 6.45) is 26.5. The molecule has 5 nitrogen and oxygen atoms in total. The van der Waals surface area contributed by atoms with Gasteiger partial charge in [-0.1, -0.05) is 142 Å². The fraction of sp³-hybridized carbons (Fsp3) is 0.935. The Morgan fingerprint density at radius 1 is 0.486 bits per heavy atom. The van der Waals surface area contributed by atoms with Crippen molar-refractivity contribution in [1.82, 2.24) is 0 Å². The van der Waals surface area contributed by atoms with E-state index in [4.69, 9.17) is 0 Å². The second-order valence-corrected chi connectivity index (χ2v) is 13.5. The standard InChI is InChI=1S/C31H61O5P/c1-3-5-7-9-11-13-15-17-19-21-23-25-29(34)37(31(36,27-32)28-33)30(35)26-24-22-20-18-16-14-12-10-8-6-4-2/h32-33,36H,3-28H2,1-2H3. The SMILES string of the molecule is CCCCCCCCCCCCCC(=O)P(C(=O)CCCCCCCCCCCCC)C(O)(CO)CO. The van der Waals surface area contributed by atoms with E-state index in [1.807, 2.05) is 0 Å². The van der Waals surface area contributed by atoms with Crippen LogP contribution in [0.15, 0.2) is 0 Å². The molecule has 0 saturated heterocycles. The molecule has 3 N–H and O–H groups in total. The number of carbonyl (C=O) groups excluding carboxylic acids is 2. The van der Waals surface area contributed by atoms with Gasteiger partial charge in [0, 0.05) is 12.8 Å². The number of aliphatic hydroxyl groups is 3. The van der Waals surface area contributed by atoms with Crippen LogP contribution < -0.4 is 0 Å². The number of hydrogen-bond acceptors (Lipinski definition) is 5. The molecule has 0 aliphatic rings. The maximum atomic E-state index is 12.9. The zero-order valence-electron chi connectivity index (χ0n) is 24.5. The Hall–Kier alpha value is -0.350. The molecular weight excluding hydrogens is 483 g/mol. The molecule has 0 rings (SSSR count). The van der Waals surface area contributed by atoms with Crippen LogP contribution in [0.4, 0.5) is 0 Å². The highest BCUT2D eigenvalue weighted by Gasteiger charge is 2.44. The fourth-order valence-electron chi connectivity index (χ4n) is 4.90. The van der Waals surface area contributed by atoms with Crippen LogP contribution in [0.2, 0.25) is 0 Å². The molecule has 0 radical (unpaired) electrons. The molecule has 6 heteroatoms. The zero-order chi connectivity index (χ0) is 27.6. The van der Waals surface area contributed by atoms with Gasteiger partial charge in [0.2, 0.25) is 0 Å². The first-order valence-corrected chi connectivity index (χ1v) is 17.1. The third-order valence-corrected chi connectivity index (χ3v) is 9.97. The average molecular weight is 545 g/mol. The van der Waals surface area contributed by atoms with E-state index in [-0.39, 0.29) is 23.9 Å². The quantitative estimate of drug-likeness (QED) is 0.0647. The van der Waals surface area contributed by atoms with Crippen molar-refractivity contribution in [1.29, 1.82) is 0 Å². The van der Waals surface area contributed by atoms with Crippen molar-refractivity contribution in [3.63, 3.8) is 0 Å². The third kappa shape index (κ3) is 19.4. The highest BCUT2D eigenvalue weighted by Crippen LogP contribution is 2.51. The topological polar surface area (TPSA) is 94.8 Å². The van der Waals surface area contributed by atoms with E-state index < -0.39 is 26.5 Å². The van der Waals surface area contributed by atoms with Crippen molar-refractivity contribution in [2.75, 3.05) is 13.2 Å². The number of aliphatic hydroxyl groups excluding tert-OH is 2. The first kappa shape index (κ1) is 36.6. The largest absolute Gasteiger partial charge is 0.393 e. The average Bonchev–Trinajstić information content (AvgIpc) is 2.90. The zero-order valence-corrected chi connectivity index (χ0v) is 25.4. The summed E-state index contributed by atoms with van der Waals surface area (Å²) in [5.41, 5.74) is -0.547. The van der Waals surface area contributed by atoms with Crippen LogP contribution in [0.1, 0.15) is 168 Å². The van der Waals surface area contributed by atoms with Gasteiger partial charge in [-0.05, 0) is 12.8 Å². The first-order valence-electron chi connectivity index (χ1n) is 15.8. The smallest absolute Gasteiger partial charge is 0.165 e. The number of unbranched alkanes of at least 4 members (excludes halogenated alkanes) is 20. The van der Waals surface area contributed by atoms with Crippen molar-refractivity contribution in [2.24, 2.45) is 0 Å². The van der Waals surface area contributed by atoms with Crippen LogP contribution in [0, 0.1) is 0 Å². The van der Waals surface area contributed by atoms with Gasteiger partial charge in [-0.3, -0.25) is 9.59 Å². The molecule has 0 bridgehead atoms. The number of rotatable bonds is 29. The predicted octanol–water partition coefficient (Wildman–Crippen LogP) is 8.60. The second-order valence-electron chi connectivity index (χ2n) is 11.0. The predicted molar refractivity (Wildman–Crippen MR) is 158 cm³/mol. The minimum Gasteiger partial charge on any atom is -0.393 e. The fourth-order valence-corrected chi connectivity index (χ4v) is 7.15. The van der Waals surface area contributed by atoms with E-state index in [1.54, 1.807) is 0 Å². The van der Waals surface area contributed by atoms with Crippen LogP contribution in [-0.4, -0.2) is 44.9 Å². The summed E-state index contributed by atoms with van der Waals surface area (Å²) >= 11 is 0. The summed E-state index contributed by atoms with van der Waals surface area (Å²) in [7, 11) is -2.13. The van der Waals surface area contributed by atoms with Gasteiger partial charge in [-0.2, -0.15) is 0 Å². The molecule has 0 atom stereocenters. The van der Waals surface area contributed by atoms with Crippen molar-refractivity contribution < 1.29 is 24.9 Å². The van der Waals surface area contributed by atoms with E-state index in [0.29, 0.717) is 12.8 Å². The van der Waals surface area contributed by atoms with Crippen LogP contribution in [0.25, 0.3) is 0 Å². The number of hydrogen-bond donors (Lipinski definition) is 3. The summed E-state index contributed by atoms with van der Waals surface area (Å²) in [5.74, 6) is 0. The molecule has 0 spiro atoms. The second kappa shape index (κ2) is 25.9. The third-order valence-electron chi connectivity index (χ3n) is 7.41. The maximum Gasteiger partial charge on any atom is 0.165 e. The summed E-state index contributed by atoms with van der Waals surface area (Å²) < 4.78 is 0. The minimum atomic E-state index is -2.13. The Balaban J connectivity index is 4.21. The molecular formula is C31H61O5P. The van der Waals surface area contributed by atoms with Crippen LogP contribution >= 0.6 is 7.92 Å². The lowest BCUT2D eigenvalue weighted by atomic mass is 10.1. The molecule has 0 aromatic carbocycles. The van der Waals surface area contributed by atoms with Gasteiger partial charge in [0.1, 0.15) is 5.34 Å². The molecule has 0 aliphatic heterocycles. The Bertz CT molecular complexity index is 498. The van der Waals surface area contributed by atoms with Crippen molar-refractivity contribution >= 4 is 19.0 Å². The molecule has 220 valence electrons. The summed E-state index contributed by atoms with van der Waals surface area (Å²) in [5, 5.41) is 28.0. The van der Waals surface area contributed by atoms with Gasteiger partial charge in [0.25, 0.3) is 0 Å². The monoisotopic (exact) mass is 544 g/mol. The molecule has 0 aliphatic carbocycles. The van der Waals surface area contributed by atoms with Crippen LogP contribution in [0.3, 0.4) is 0 Å². The molecule has 0 saturated carbocycles. The van der Waals surface area contributed by atoms with Gasteiger partial charge in [-0.15, -0.1) is 0 Å². The van der Waals surface area contributed by atoms with Crippen LogP contribution in [-0.2, 0) is 9.59 Å². The normalized spacial score (nSPS) is 11.9. The van der Waals surface area contributed by atoms with Crippen molar-refractivity contribution in [2.45, 2.75) is 173 Å². The lowest BCUT2D eigenvalue weighted by Gasteiger charge is -2.31.